The number of carbonyl (C=O) groups is 1. The molecule has 2 saturated heterocycles. The number of rotatable bonds is 9. The third-order valence-electron chi connectivity index (χ3n) is 5.95. The summed E-state index contributed by atoms with van der Waals surface area (Å²) in [6, 6.07) is 9.77. The van der Waals surface area contributed by atoms with Crippen LogP contribution in [0.1, 0.15) is 21.9 Å². The lowest BCUT2D eigenvalue weighted by Gasteiger charge is -2.36. The standard InChI is InChI=1S/C23H33N5O4/c29-20(16-28-10-12-31-13-11-28)15-26-6-8-27(9-7-26)17-22-25-21(18-32-22)23(30)24-14-19-4-2-1-3-5-19/h1-5,18,20,29H,6-17H2,(H,24,30)/t20-/m0/s1. The maximum absolute atomic E-state index is 12.3. The van der Waals surface area contributed by atoms with Gasteiger partial charge in [-0.1, -0.05) is 30.3 Å². The number of carbonyl (C=O) groups excluding carboxylic acids is 1. The fourth-order valence-electron chi connectivity index (χ4n) is 4.12. The Balaban J connectivity index is 1.16. The SMILES string of the molecule is O=C(NCc1ccccc1)c1coc(CN2CCN(C[C@H](O)CN3CCOCC3)CC2)n1. The lowest BCUT2D eigenvalue weighted by Crippen LogP contribution is -2.50. The number of piperazine rings is 1. The normalized spacial score (nSPS) is 19.7. The Kier molecular flexibility index (Phi) is 8.24. The molecule has 1 aromatic heterocycles. The van der Waals surface area contributed by atoms with Gasteiger partial charge in [0.1, 0.15) is 6.26 Å². The molecule has 9 heteroatoms. The quantitative estimate of drug-likeness (QED) is 0.576. The van der Waals surface area contributed by atoms with E-state index in [1.54, 1.807) is 0 Å². The minimum Gasteiger partial charge on any atom is -0.447 e. The molecule has 0 bridgehead atoms. The molecule has 0 saturated carbocycles. The average molecular weight is 444 g/mol. The molecule has 3 heterocycles. The van der Waals surface area contributed by atoms with Crippen LogP contribution < -0.4 is 5.32 Å². The Morgan fingerprint density at radius 3 is 2.38 bits per heavy atom. The fraction of sp³-hybridized carbons (Fsp3) is 0.565. The Bertz CT molecular complexity index is 832. The summed E-state index contributed by atoms with van der Waals surface area (Å²) in [5.41, 5.74) is 1.35. The summed E-state index contributed by atoms with van der Waals surface area (Å²) in [4.78, 5) is 23.5. The van der Waals surface area contributed by atoms with E-state index in [1.807, 2.05) is 30.3 Å². The van der Waals surface area contributed by atoms with E-state index in [-0.39, 0.29) is 12.0 Å². The Morgan fingerprint density at radius 1 is 1.00 bits per heavy atom. The molecule has 174 valence electrons. The van der Waals surface area contributed by atoms with Crippen molar-refractivity contribution in [2.45, 2.75) is 19.2 Å². The molecule has 1 aromatic carbocycles. The van der Waals surface area contributed by atoms with Crippen LogP contribution in [0.25, 0.3) is 0 Å². The average Bonchev–Trinajstić information content (AvgIpc) is 3.29. The molecule has 0 aliphatic carbocycles. The van der Waals surface area contributed by atoms with Gasteiger partial charge in [-0.2, -0.15) is 0 Å². The highest BCUT2D eigenvalue weighted by molar-refractivity contribution is 5.91. The highest BCUT2D eigenvalue weighted by Gasteiger charge is 2.23. The molecule has 2 aromatic rings. The number of amides is 1. The van der Waals surface area contributed by atoms with Gasteiger partial charge in [-0.3, -0.25) is 19.5 Å². The van der Waals surface area contributed by atoms with Gasteiger partial charge in [-0.05, 0) is 5.56 Å². The number of aromatic nitrogens is 1. The zero-order chi connectivity index (χ0) is 22.2. The van der Waals surface area contributed by atoms with E-state index in [9.17, 15) is 9.90 Å². The summed E-state index contributed by atoms with van der Waals surface area (Å²) in [6.45, 7) is 9.27. The predicted octanol–water partition coefficient (Wildman–Crippen LogP) is 0.415. The predicted molar refractivity (Wildman–Crippen MR) is 119 cm³/mol. The Labute approximate surface area is 188 Å². The van der Waals surface area contributed by atoms with E-state index >= 15 is 0 Å². The summed E-state index contributed by atoms with van der Waals surface area (Å²) < 4.78 is 10.9. The van der Waals surface area contributed by atoms with Crippen molar-refractivity contribution in [2.75, 3.05) is 65.6 Å². The Hall–Kier alpha value is -2.30. The summed E-state index contributed by atoms with van der Waals surface area (Å²) in [6.07, 6.45) is 1.08. The second kappa shape index (κ2) is 11.5. The van der Waals surface area contributed by atoms with E-state index < -0.39 is 0 Å². The van der Waals surface area contributed by atoms with Crippen molar-refractivity contribution in [1.82, 2.24) is 25.0 Å². The van der Waals surface area contributed by atoms with Crippen molar-refractivity contribution in [2.24, 2.45) is 0 Å². The first-order valence-corrected chi connectivity index (χ1v) is 11.3. The van der Waals surface area contributed by atoms with Crippen LogP contribution in [0.15, 0.2) is 41.0 Å². The van der Waals surface area contributed by atoms with Crippen molar-refractivity contribution < 1.29 is 19.1 Å². The van der Waals surface area contributed by atoms with Crippen molar-refractivity contribution in [3.05, 3.63) is 53.7 Å². The number of aliphatic hydroxyl groups excluding tert-OH is 1. The number of ether oxygens (including phenoxy) is 1. The van der Waals surface area contributed by atoms with E-state index in [4.69, 9.17) is 9.15 Å². The molecule has 2 fully saturated rings. The lowest BCUT2D eigenvalue weighted by atomic mass is 10.2. The molecule has 2 aliphatic rings. The van der Waals surface area contributed by atoms with Crippen molar-refractivity contribution >= 4 is 5.91 Å². The zero-order valence-electron chi connectivity index (χ0n) is 18.5. The highest BCUT2D eigenvalue weighted by Crippen LogP contribution is 2.10. The largest absolute Gasteiger partial charge is 0.447 e. The van der Waals surface area contributed by atoms with Crippen LogP contribution in [0, 0.1) is 0 Å². The van der Waals surface area contributed by atoms with Gasteiger partial charge < -0.3 is 19.6 Å². The Morgan fingerprint density at radius 2 is 1.66 bits per heavy atom. The molecule has 1 amide bonds. The van der Waals surface area contributed by atoms with Crippen LogP contribution in [0.5, 0.6) is 0 Å². The first-order valence-electron chi connectivity index (χ1n) is 11.3. The monoisotopic (exact) mass is 443 g/mol. The topological polar surface area (TPSA) is 94.3 Å². The molecule has 9 nitrogen and oxygen atoms in total. The molecule has 32 heavy (non-hydrogen) atoms. The van der Waals surface area contributed by atoms with Crippen LogP contribution in [0.3, 0.4) is 0 Å². The summed E-state index contributed by atoms with van der Waals surface area (Å²) in [5, 5.41) is 13.3. The fourth-order valence-corrected chi connectivity index (χ4v) is 4.12. The van der Waals surface area contributed by atoms with Crippen molar-refractivity contribution in [3.63, 3.8) is 0 Å². The van der Waals surface area contributed by atoms with Gasteiger partial charge in [0, 0.05) is 58.9 Å². The summed E-state index contributed by atoms with van der Waals surface area (Å²) in [7, 11) is 0. The number of β-amino-alcohol motifs (C(OH)–C–C–N with tert-alkyl or cyclic N) is 1. The van der Waals surface area contributed by atoms with Gasteiger partial charge in [0.2, 0.25) is 5.89 Å². The summed E-state index contributed by atoms with van der Waals surface area (Å²) in [5.74, 6) is 0.318. The van der Waals surface area contributed by atoms with E-state index in [2.05, 4.69) is 25.0 Å². The first kappa shape index (κ1) is 22.9. The molecule has 2 aliphatic heterocycles. The van der Waals surface area contributed by atoms with E-state index in [1.165, 1.54) is 6.26 Å². The number of morpholine rings is 1. The van der Waals surface area contributed by atoms with Gasteiger partial charge in [0.05, 0.1) is 25.9 Å². The molecule has 0 spiro atoms. The second-order valence-electron chi connectivity index (χ2n) is 8.44. The van der Waals surface area contributed by atoms with Crippen LogP contribution in [-0.2, 0) is 17.8 Å². The third kappa shape index (κ3) is 6.85. The van der Waals surface area contributed by atoms with Gasteiger partial charge >= 0.3 is 0 Å². The number of hydrogen-bond donors (Lipinski definition) is 2. The first-order chi connectivity index (χ1) is 15.7. The third-order valence-corrected chi connectivity index (χ3v) is 5.95. The number of nitrogens with one attached hydrogen (secondary N) is 1. The highest BCUT2D eigenvalue weighted by atomic mass is 16.5. The van der Waals surface area contributed by atoms with E-state index in [0.717, 1.165) is 58.0 Å². The van der Waals surface area contributed by atoms with Crippen LogP contribution in [0.4, 0.5) is 0 Å². The number of oxazole rings is 1. The van der Waals surface area contributed by atoms with Gasteiger partial charge in [0.15, 0.2) is 5.69 Å². The van der Waals surface area contributed by atoms with Crippen LogP contribution >= 0.6 is 0 Å². The molecule has 4 rings (SSSR count). The number of benzene rings is 1. The summed E-state index contributed by atoms with van der Waals surface area (Å²) >= 11 is 0. The molecular weight excluding hydrogens is 410 g/mol. The maximum Gasteiger partial charge on any atom is 0.273 e. The van der Waals surface area contributed by atoms with Crippen LogP contribution in [-0.4, -0.2) is 102 Å². The minimum absolute atomic E-state index is 0.233. The number of nitrogens with zero attached hydrogens (tertiary/aromatic N) is 4. The zero-order valence-corrected chi connectivity index (χ0v) is 18.5. The van der Waals surface area contributed by atoms with Gasteiger partial charge in [0.25, 0.3) is 5.91 Å². The second-order valence-corrected chi connectivity index (χ2v) is 8.44. The molecule has 0 radical (unpaired) electrons. The number of aliphatic hydroxyl groups is 1. The van der Waals surface area contributed by atoms with Gasteiger partial charge in [-0.25, -0.2) is 4.98 Å². The van der Waals surface area contributed by atoms with Crippen LogP contribution in [0.2, 0.25) is 0 Å². The van der Waals surface area contributed by atoms with Crippen molar-refractivity contribution in [1.29, 1.82) is 0 Å². The molecule has 0 unspecified atom stereocenters. The van der Waals surface area contributed by atoms with Crippen molar-refractivity contribution in [3.8, 4) is 0 Å². The molecule has 1 atom stereocenters. The lowest BCUT2D eigenvalue weighted by molar-refractivity contribution is 0.00187. The van der Waals surface area contributed by atoms with Gasteiger partial charge in [-0.15, -0.1) is 0 Å². The minimum atomic E-state index is -0.344. The number of hydrogen-bond acceptors (Lipinski definition) is 8. The molecule has 2 N–H and O–H groups in total. The molecular formula is C23H33N5O4. The maximum atomic E-state index is 12.3. The van der Waals surface area contributed by atoms with E-state index in [0.29, 0.717) is 37.8 Å². The smallest absolute Gasteiger partial charge is 0.273 e.